The first-order valence-corrected chi connectivity index (χ1v) is 8.02. The van der Waals surface area contributed by atoms with E-state index in [2.05, 4.69) is 16.7 Å². The van der Waals surface area contributed by atoms with Crippen LogP contribution in [-0.4, -0.2) is 11.7 Å². The minimum absolute atomic E-state index is 0.509. The molecule has 3 aromatic rings. The predicted octanol–water partition coefficient (Wildman–Crippen LogP) is 4.21. The normalized spacial score (nSPS) is 14.8. The summed E-state index contributed by atoms with van der Waals surface area (Å²) in [7, 11) is 1.70. The Morgan fingerprint density at radius 1 is 1.04 bits per heavy atom. The van der Waals surface area contributed by atoms with Crippen molar-refractivity contribution in [1.29, 1.82) is 0 Å². The van der Waals surface area contributed by atoms with E-state index in [1.54, 1.807) is 7.11 Å². The highest BCUT2D eigenvalue weighted by Crippen LogP contribution is 2.44. The third-order valence-electron chi connectivity index (χ3n) is 4.87. The van der Waals surface area contributed by atoms with Crippen molar-refractivity contribution >= 4 is 22.3 Å². The predicted molar refractivity (Wildman–Crippen MR) is 95.6 cm³/mol. The molecule has 1 fully saturated rings. The van der Waals surface area contributed by atoms with Crippen LogP contribution in [0.1, 0.15) is 25.3 Å². The molecule has 4 rings (SSSR count). The third kappa shape index (κ3) is 2.13. The minimum Gasteiger partial charge on any atom is -0.497 e. The van der Waals surface area contributed by atoms with Crippen LogP contribution in [0.4, 0.5) is 11.4 Å². The Kier molecular flexibility index (Phi) is 3.18. The molecular weight excluding hydrogens is 286 g/mol. The number of nitrogens with two attached hydrogens (primary N) is 2. The Morgan fingerprint density at radius 3 is 2.39 bits per heavy atom. The Bertz CT molecular complexity index is 860. The highest BCUT2D eigenvalue weighted by molar-refractivity contribution is 6.01. The first kappa shape index (κ1) is 14.0. The number of aromatic nitrogens is 1. The van der Waals surface area contributed by atoms with Crippen LogP contribution in [0.5, 0.6) is 5.75 Å². The van der Waals surface area contributed by atoms with Crippen molar-refractivity contribution < 1.29 is 4.74 Å². The largest absolute Gasteiger partial charge is 0.497 e. The number of ether oxygens (including phenoxy) is 1. The fraction of sp³-hybridized carbons (Fsp3) is 0.263. The number of nitrogen functional groups attached to an aromatic ring is 2. The number of hydrogen-bond donors (Lipinski definition) is 2. The molecule has 4 nitrogen and oxygen atoms in total. The first-order chi connectivity index (χ1) is 11.2. The summed E-state index contributed by atoms with van der Waals surface area (Å²) < 4.78 is 7.80. The van der Waals surface area contributed by atoms with Crippen LogP contribution < -0.4 is 16.2 Å². The van der Waals surface area contributed by atoms with Gasteiger partial charge in [0.15, 0.2) is 0 Å². The lowest BCUT2D eigenvalue weighted by atomic mass is 9.92. The SMILES string of the molecule is COc1ccc2c(N)c(-c3ccc(N)cc3)n(C3CCC3)c2c1. The topological polar surface area (TPSA) is 66.2 Å². The summed E-state index contributed by atoms with van der Waals surface area (Å²) in [5.74, 6) is 0.861. The third-order valence-corrected chi connectivity index (χ3v) is 4.87. The molecule has 0 spiro atoms. The number of hydrogen-bond acceptors (Lipinski definition) is 3. The van der Waals surface area contributed by atoms with Crippen LogP contribution in [0.25, 0.3) is 22.2 Å². The van der Waals surface area contributed by atoms with Gasteiger partial charge in [0.2, 0.25) is 0 Å². The van der Waals surface area contributed by atoms with Crippen LogP contribution in [0.2, 0.25) is 0 Å². The molecule has 0 amide bonds. The monoisotopic (exact) mass is 307 g/mol. The summed E-state index contributed by atoms with van der Waals surface area (Å²) in [5.41, 5.74) is 17.3. The average Bonchev–Trinajstić information content (AvgIpc) is 2.79. The van der Waals surface area contributed by atoms with E-state index >= 15 is 0 Å². The van der Waals surface area contributed by atoms with E-state index in [0.717, 1.165) is 39.3 Å². The summed E-state index contributed by atoms with van der Waals surface area (Å²) in [4.78, 5) is 0. The van der Waals surface area contributed by atoms with Gasteiger partial charge >= 0.3 is 0 Å². The molecule has 4 heteroatoms. The first-order valence-electron chi connectivity index (χ1n) is 8.02. The molecule has 0 bridgehead atoms. The smallest absolute Gasteiger partial charge is 0.120 e. The molecule has 23 heavy (non-hydrogen) atoms. The van der Waals surface area contributed by atoms with E-state index in [9.17, 15) is 0 Å². The Balaban J connectivity index is 2.01. The number of nitrogens with zero attached hydrogens (tertiary/aromatic N) is 1. The lowest BCUT2D eigenvalue weighted by Crippen LogP contribution is -2.17. The molecule has 1 aromatic heterocycles. The number of rotatable bonds is 3. The van der Waals surface area contributed by atoms with E-state index in [1.807, 2.05) is 30.3 Å². The van der Waals surface area contributed by atoms with Gasteiger partial charge in [-0.05, 0) is 43.5 Å². The molecule has 118 valence electrons. The van der Waals surface area contributed by atoms with Crippen molar-refractivity contribution in [3.05, 3.63) is 42.5 Å². The van der Waals surface area contributed by atoms with Crippen molar-refractivity contribution in [1.82, 2.24) is 4.57 Å². The van der Waals surface area contributed by atoms with Crippen molar-refractivity contribution in [2.45, 2.75) is 25.3 Å². The number of benzene rings is 2. The summed E-state index contributed by atoms with van der Waals surface area (Å²) in [6.07, 6.45) is 3.67. The van der Waals surface area contributed by atoms with Gasteiger partial charge in [-0.15, -0.1) is 0 Å². The van der Waals surface area contributed by atoms with Gasteiger partial charge in [-0.1, -0.05) is 12.1 Å². The number of fused-ring (bicyclic) bond motifs is 1. The maximum atomic E-state index is 6.53. The van der Waals surface area contributed by atoms with Gasteiger partial charge in [0, 0.05) is 28.7 Å². The van der Waals surface area contributed by atoms with E-state index < -0.39 is 0 Å². The van der Waals surface area contributed by atoms with Crippen LogP contribution in [0.15, 0.2) is 42.5 Å². The zero-order valence-corrected chi connectivity index (χ0v) is 13.3. The lowest BCUT2D eigenvalue weighted by Gasteiger charge is -2.30. The molecular formula is C19H21N3O. The van der Waals surface area contributed by atoms with Gasteiger partial charge in [-0.3, -0.25) is 0 Å². The molecule has 0 unspecified atom stereocenters. The van der Waals surface area contributed by atoms with Gasteiger partial charge in [-0.2, -0.15) is 0 Å². The molecule has 1 heterocycles. The van der Waals surface area contributed by atoms with Gasteiger partial charge in [0.25, 0.3) is 0 Å². The molecule has 1 saturated carbocycles. The van der Waals surface area contributed by atoms with Crippen LogP contribution in [0, 0.1) is 0 Å². The van der Waals surface area contributed by atoms with Crippen molar-refractivity contribution in [2.24, 2.45) is 0 Å². The quantitative estimate of drug-likeness (QED) is 0.712. The Hall–Kier alpha value is -2.62. The lowest BCUT2D eigenvalue weighted by molar-refractivity contribution is 0.324. The van der Waals surface area contributed by atoms with E-state index in [0.29, 0.717) is 6.04 Å². The van der Waals surface area contributed by atoms with Crippen LogP contribution in [0.3, 0.4) is 0 Å². The minimum atomic E-state index is 0.509. The van der Waals surface area contributed by atoms with Gasteiger partial charge in [0.1, 0.15) is 5.75 Å². The second kappa shape index (κ2) is 5.23. The fourth-order valence-corrected chi connectivity index (χ4v) is 3.40. The highest BCUT2D eigenvalue weighted by Gasteiger charge is 2.26. The highest BCUT2D eigenvalue weighted by atomic mass is 16.5. The second-order valence-corrected chi connectivity index (χ2v) is 6.22. The second-order valence-electron chi connectivity index (χ2n) is 6.22. The molecule has 2 aromatic carbocycles. The summed E-state index contributed by atoms with van der Waals surface area (Å²) in [6.45, 7) is 0. The molecule has 1 aliphatic rings. The zero-order chi connectivity index (χ0) is 16.0. The fourth-order valence-electron chi connectivity index (χ4n) is 3.40. The van der Waals surface area contributed by atoms with Crippen LogP contribution >= 0.6 is 0 Å². The van der Waals surface area contributed by atoms with Crippen molar-refractivity contribution in [2.75, 3.05) is 18.6 Å². The standard InChI is InChI=1S/C19H21N3O/c1-23-15-9-10-16-17(11-15)22(14-3-2-4-14)19(18(16)21)12-5-7-13(20)8-6-12/h5-11,14H,2-4,20-21H2,1H3. The van der Waals surface area contributed by atoms with Gasteiger partial charge in [0.05, 0.1) is 24.0 Å². The maximum Gasteiger partial charge on any atom is 0.120 e. The molecule has 0 atom stereocenters. The number of methoxy groups -OCH3 is 1. The van der Waals surface area contributed by atoms with Crippen molar-refractivity contribution in [3.8, 4) is 17.0 Å². The summed E-state index contributed by atoms with van der Waals surface area (Å²) in [5, 5.41) is 1.09. The summed E-state index contributed by atoms with van der Waals surface area (Å²) in [6, 6.07) is 14.6. The number of anilines is 2. The van der Waals surface area contributed by atoms with Crippen molar-refractivity contribution in [3.63, 3.8) is 0 Å². The Labute approximate surface area is 135 Å². The van der Waals surface area contributed by atoms with E-state index in [-0.39, 0.29) is 0 Å². The van der Waals surface area contributed by atoms with Gasteiger partial charge < -0.3 is 20.8 Å². The Morgan fingerprint density at radius 2 is 1.78 bits per heavy atom. The molecule has 1 aliphatic carbocycles. The molecule has 0 radical (unpaired) electrons. The van der Waals surface area contributed by atoms with E-state index in [1.165, 1.54) is 19.3 Å². The maximum absolute atomic E-state index is 6.53. The van der Waals surface area contributed by atoms with E-state index in [4.69, 9.17) is 16.2 Å². The van der Waals surface area contributed by atoms with Crippen LogP contribution in [-0.2, 0) is 0 Å². The summed E-state index contributed by atoms with van der Waals surface area (Å²) >= 11 is 0. The average molecular weight is 307 g/mol. The molecule has 0 saturated heterocycles. The molecule has 0 aliphatic heterocycles. The molecule has 4 N–H and O–H groups in total. The van der Waals surface area contributed by atoms with Gasteiger partial charge in [-0.25, -0.2) is 0 Å². The zero-order valence-electron chi connectivity index (χ0n) is 13.3.